The normalized spacial score (nSPS) is 15.3. The number of rotatable bonds is 10. The van der Waals surface area contributed by atoms with Crippen LogP contribution in [0.1, 0.15) is 55.8 Å². The van der Waals surface area contributed by atoms with E-state index in [2.05, 4.69) is 56.1 Å². The minimum Gasteiger partial charge on any atom is -0.357 e. The smallest absolute Gasteiger partial charge is 0.191 e. The number of thiophene rings is 1. The molecule has 0 unspecified atom stereocenters. The lowest BCUT2D eigenvalue weighted by atomic mass is 10.2. The first-order chi connectivity index (χ1) is 13.8. The standard InChI is InChI=1S/C20H32N6S2/c1-3-21-19(23-14-12-17-10-7-15-28-17)22-13-6-11-18-24-25-20(27-2)26(18)16-8-4-5-9-16/h7,10,15-16H,3-6,8-9,11-14H2,1-2H3,(H2,21,22,23). The fourth-order valence-corrected chi connectivity index (χ4v) is 4.96. The van der Waals surface area contributed by atoms with Crippen molar-refractivity contribution in [2.75, 3.05) is 25.9 Å². The predicted molar refractivity (Wildman–Crippen MR) is 120 cm³/mol. The van der Waals surface area contributed by atoms with Gasteiger partial charge in [-0.15, -0.1) is 21.5 Å². The predicted octanol–water partition coefficient (Wildman–Crippen LogP) is 3.91. The lowest BCUT2D eigenvalue weighted by molar-refractivity contribution is 0.461. The highest BCUT2D eigenvalue weighted by Gasteiger charge is 2.23. The van der Waals surface area contributed by atoms with Gasteiger partial charge in [-0.3, -0.25) is 4.99 Å². The van der Waals surface area contributed by atoms with Crippen LogP contribution in [0.4, 0.5) is 0 Å². The Morgan fingerprint density at radius 1 is 1.29 bits per heavy atom. The van der Waals surface area contributed by atoms with Crippen LogP contribution in [0.2, 0.25) is 0 Å². The summed E-state index contributed by atoms with van der Waals surface area (Å²) >= 11 is 3.51. The fraction of sp³-hybridized carbons (Fsp3) is 0.650. The van der Waals surface area contributed by atoms with Gasteiger partial charge in [0, 0.05) is 37.0 Å². The highest BCUT2D eigenvalue weighted by Crippen LogP contribution is 2.33. The molecule has 8 heteroatoms. The minimum absolute atomic E-state index is 0.590. The van der Waals surface area contributed by atoms with Gasteiger partial charge in [-0.1, -0.05) is 30.7 Å². The van der Waals surface area contributed by atoms with Crippen molar-refractivity contribution in [1.82, 2.24) is 25.4 Å². The first kappa shape index (κ1) is 21.2. The molecule has 6 nitrogen and oxygen atoms in total. The van der Waals surface area contributed by atoms with E-state index in [1.54, 1.807) is 23.1 Å². The molecule has 2 aromatic heterocycles. The maximum atomic E-state index is 4.74. The number of hydrogen-bond donors (Lipinski definition) is 2. The summed E-state index contributed by atoms with van der Waals surface area (Å²) in [4.78, 5) is 6.14. The second-order valence-electron chi connectivity index (χ2n) is 7.03. The molecule has 1 saturated carbocycles. The summed E-state index contributed by atoms with van der Waals surface area (Å²) in [6, 6.07) is 4.87. The largest absolute Gasteiger partial charge is 0.357 e. The summed E-state index contributed by atoms with van der Waals surface area (Å²) in [7, 11) is 0. The number of hydrogen-bond acceptors (Lipinski definition) is 5. The highest BCUT2D eigenvalue weighted by molar-refractivity contribution is 7.98. The number of guanidine groups is 1. The molecular weight excluding hydrogens is 388 g/mol. The summed E-state index contributed by atoms with van der Waals surface area (Å²) in [6.45, 7) is 4.67. The Bertz CT molecular complexity index is 719. The fourth-order valence-electron chi connectivity index (χ4n) is 3.67. The lowest BCUT2D eigenvalue weighted by Crippen LogP contribution is -2.38. The average molecular weight is 421 g/mol. The van der Waals surface area contributed by atoms with Gasteiger partial charge in [0.05, 0.1) is 0 Å². The molecule has 1 aliphatic rings. The van der Waals surface area contributed by atoms with Gasteiger partial charge in [0.15, 0.2) is 11.1 Å². The van der Waals surface area contributed by atoms with Gasteiger partial charge in [-0.25, -0.2) is 0 Å². The van der Waals surface area contributed by atoms with Gasteiger partial charge in [0.2, 0.25) is 0 Å². The van der Waals surface area contributed by atoms with Crippen molar-refractivity contribution in [3.05, 3.63) is 28.2 Å². The Morgan fingerprint density at radius 3 is 2.86 bits per heavy atom. The molecule has 154 valence electrons. The monoisotopic (exact) mass is 420 g/mol. The van der Waals surface area contributed by atoms with Crippen LogP contribution in [-0.4, -0.2) is 46.6 Å². The van der Waals surface area contributed by atoms with Crippen LogP contribution in [0.3, 0.4) is 0 Å². The van der Waals surface area contributed by atoms with Crippen LogP contribution >= 0.6 is 23.1 Å². The third kappa shape index (κ3) is 5.98. The van der Waals surface area contributed by atoms with E-state index >= 15 is 0 Å². The van der Waals surface area contributed by atoms with Gasteiger partial charge in [-0.05, 0) is 50.3 Å². The summed E-state index contributed by atoms with van der Waals surface area (Å²) in [5.74, 6) is 2.03. The number of nitrogens with zero attached hydrogens (tertiary/aromatic N) is 4. The van der Waals surface area contributed by atoms with E-state index in [1.807, 2.05) is 0 Å². The molecule has 0 bridgehead atoms. The van der Waals surface area contributed by atoms with Crippen molar-refractivity contribution < 1.29 is 0 Å². The van der Waals surface area contributed by atoms with Crippen LogP contribution in [0, 0.1) is 0 Å². The molecule has 0 aromatic carbocycles. The minimum atomic E-state index is 0.590. The van der Waals surface area contributed by atoms with Crippen LogP contribution in [-0.2, 0) is 12.8 Å². The molecule has 0 aliphatic heterocycles. The first-order valence-electron chi connectivity index (χ1n) is 10.3. The molecule has 0 radical (unpaired) electrons. The molecule has 0 amide bonds. The van der Waals surface area contributed by atoms with Gasteiger partial charge in [-0.2, -0.15) is 0 Å². The number of aliphatic imine (C=N–C) groups is 1. The number of nitrogens with one attached hydrogen (secondary N) is 2. The quantitative estimate of drug-likeness (QED) is 0.264. The molecule has 28 heavy (non-hydrogen) atoms. The number of thioether (sulfide) groups is 1. The zero-order chi connectivity index (χ0) is 19.6. The van der Waals surface area contributed by atoms with Crippen molar-refractivity contribution in [2.45, 2.75) is 63.1 Å². The van der Waals surface area contributed by atoms with Crippen LogP contribution in [0.25, 0.3) is 0 Å². The van der Waals surface area contributed by atoms with Gasteiger partial charge in [0.25, 0.3) is 0 Å². The number of aromatic nitrogens is 3. The number of aryl methyl sites for hydroxylation is 1. The zero-order valence-corrected chi connectivity index (χ0v) is 18.6. The third-order valence-electron chi connectivity index (χ3n) is 5.02. The van der Waals surface area contributed by atoms with E-state index in [4.69, 9.17) is 4.99 Å². The topological polar surface area (TPSA) is 67.1 Å². The maximum absolute atomic E-state index is 4.74. The molecule has 1 fully saturated rings. The molecule has 1 aliphatic carbocycles. The average Bonchev–Trinajstić information content (AvgIpc) is 3.46. The Morgan fingerprint density at radius 2 is 2.14 bits per heavy atom. The molecule has 0 atom stereocenters. The van der Waals surface area contributed by atoms with E-state index < -0.39 is 0 Å². The zero-order valence-electron chi connectivity index (χ0n) is 17.0. The summed E-state index contributed by atoms with van der Waals surface area (Å²) in [6.07, 6.45) is 10.2. The molecule has 0 saturated heterocycles. The Labute approximate surface area is 176 Å². The van der Waals surface area contributed by atoms with Crippen molar-refractivity contribution in [2.24, 2.45) is 4.99 Å². The van der Waals surface area contributed by atoms with Crippen LogP contribution in [0.5, 0.6) is 0 Å². The molecule has 0 spiro atoms. The Hall–Kier alpha value is -1.54. The lowest BCUT2D eigenvalue weighted by Gasteiger charge is -2.16. The summed E-state index contributed by atoms with van der Waals surface area (Å²) in [5.41, 5.74) is 0. The SMILES string of the molecule is CCNC(=NCCCc1nnc(SC)n1C1CCCC1)NCCc1cccs1. The maximum Gasteiger partial charge on any atom is 0.191 e. The Balaban J connectivity index is 1.49. The van der Waals surface area contributed by atoms with Gasteiger partial charge < -0.3 is 15.2 Å². The second kappa shape index (κ2) is 11.5. The van der Waals surface area contributed by atoms with Crippen molar-refractivity contribution in [3.63, 3.8) is 0 Å². The first-order valence-corrected chi connectivity index (χ1v) is 12.4. The van der Waals surface area contributed by atoms with E-state index in [0.29, 0.717) is 6.04 Å². The van der Waals surface area contributed by atoms with Gasteiger partial charge >= 0.3 is 0 Å². The Kier molecular flexibility index (Phi) is 8.67. The van der Waals surface area contributed by atoms with Gasteiger partial charge in [0.1, 0.15) is 5.82 Å². The summed E-state index contributed by atoms with van der Waals surface area (Å²) < 4.78 is 2.39. The molecule has 3 rings (SSSR count). The van der Waals surface area contributed by atoms with E-state index in [-0.39, 0.29) is 0 Å². The van der Waals surface area contributed by atoms with Crippen molar-refractivity contribution in [1.29, 1.82) is 0 Å². The van der Waals surface area contributed by atoms with E-state index in [9.17, 15) is 0 Å². The van der Waals surface area contributed by atoms with E-state index in [1.165, 1.54) is 30.6 Å². The van der Waals surface area contributed by atoms with Crippen LogP contribution < -0.4 is 10.6 Å². The molecular formula is C20H32N6S2. The van der Waals surface area contributed by atoms with Crippen molar-refractivity contribution in [3.8, 4) is 0 Å². The molecule has 2 N–H and O–H groups in total. The molecule has 2 aromatic rings. The van der Waals surface area contributed by atoms with Crippen LogP contribution in [0.15, 0.2) is 27.7 Å². The third-order valence-corrected chi connectivity index (χ3v) is 6.60. The molecule has 2 heterocycles. The summed E-state index contributed by atoms with van der Waals surface area (Å²) in [5, 5.41) is 18.8. The van der Waals surface area contributed by atoms with E-state index in [0.717, 1.165) is 55.8 Å². The van der Waals surface area contributed by atoms with Crippen molar-refractivity contribution >= 4 is 29.1 Å². The second-order valence-corrected chi connectivity index (χ2v) is 8.84. The highest BCUT2D eigenvalue weighted by atomic mass is 32.2.